The summed E-state index contributed by atoms with van der Waals surface area (Å²) in [6.45, 7) is 0. The lowest BCUT2D eigenvalue weighted by Gasteiger charge is -2.10. The van der Waals surface area contributed by atoms with Crippen LogP contribution in [0.2, 0.25) is 0 Å². The molecule has 0 atom stereocenters. The van der Waals surface area contributed by atoms with E-state index in [9.17, 15) is 10.0 Å². The Hall–Kier alpha value is -3.85. The van der Waals surface area contributed by atoms with Gasteiger partial charge in [0.05, 0.1) is 22.7 Å². The molecule has 0 saturated carbocycles. The minimum atomic E-state index is -1.50. The van der Waals surface area contributed by atoms with Crippen LogP contribution in [0.1, 0.15) is 5.56 Å². The summed E-state index contributed by atoms with van der Waals surface area (Å²) in [6, 6.07) is 31.6. The Morgan fingerprint density at radius 3 is 2.23 bits per heavy atom. The van der Waals surface area contributed by atoms with E-state index >= 15 is 0 Å². The smallest absolute Gasteiger partial charge is 0.423 e. The summed E-state index contributed by atoms with van der Waals surface area (Å²) in [4.78, 5) is 0. The number of rotatable bonds is 3. The second-order valence-electron chi connectivity index (χ2n) is 7.24. The fraction of sp³-hybridized carbons (Fsp3) is 0. The number of fused-ring (bicyclic) bond motifs is 3. The van der Waals surface area contributed by atoms with Gasteiger partial charge in [-0.1, -0.05) is 54.6 Å². The number of para-hydroxylation sites is 1. The summed E-state index contributed by atoms with van der Waals surface area (Å²) < 4.78 is 2.19. The van der Waals surface area contributed by atoms with Gasteiger partial charge < -0.3 is 14.6 Å². The van der Waals surface area contributed by atoms with Gasteiger partial charge in [0.2, 0.25) is 0 Å². The molecule has 142 valence electrons. The zero-order valence-electron chi connectivity index (χ0n) is 16.0. The van der Waals surface area contributed by atoms with Crippen molar-refractivity contribution in [2.24, 2.45) is 0 Å². The fourth-order valence-electron chi connectivity index (χ4n) is 3.99. The molecule has 0 unspecified atom stereocenters. The van der Waals surface area contributed by atoms with Crippen LogP contribution in [0.25, 0.3) is 38.6 Å². The Labute approximate surface area is 174 Å². The van der Waals surface area contributed by atoms with E-state index in [0.29, 0.717) is 11.0 Å². The first-order valence-electron chi connectivity index (χ1n) is 9.66. The van der Waals surface area contributed by atoms with E-state index < -0.39 is 7.12 Å². The molecule has 0 saturated heterocycles. The average molecular weight is 388 g/mol. The van der Waals surface area contributed by atoms with E-state index in [0.717, 1.165) is 38.6 Å². The maximum absolute atomic E-state index is 9.61. The molecule has 0 aliphatic heterocycles. The van der Waals surface area contributed by atoms with Gasteiger partial charge in [-0.3, -0.25) is 0 Å². The van der Waals surface area contributed by atoms with Crippen molar-refractivity contribution in [1.29, 1.82) is 5.26 Å². The number of nitrogens with zero attached hydrogens (tertiary/aromatic N) is 2. The van der Waals surface area contributed by atoms with Crippen molar-refractivity contribution in [1.82, 2.24) is 4.57 Å². The third kappa shape index (κ3) is 2.96. The van der Waals surface area contributed by atoms with E-state index in [2.05, 4.69) is 34.9 Å². The summed E-state index contributed by atoms with van der Waals surface area (Å²) in [7, 11) is -1.50. The highest BCUT2D eigenvalue weighted by molar-refractivity contribution is 6.59. The van der Waals surface area contributed by atoms with Crippen molar-refractivity contribution in [2.45, 2.75) is 0 Å². The average Bonchev–Trinajstić information content (AvgIpc) is 3.13. The van der Waals surface area contributed by atoms with Crippen LogP contribution in [0.3, 0.4) is 0 Å². The molecular formula is C25H17BN2O2. The molecule has 0 radical (unpaired) electrons. The molecule has 5 heteroatoms. The predicted octanol–water partition coefficient (Wildman–Crippen LogP) is 4.00. The monoisotopic (exact) mass is 388 g/mol. The molecule has 0 spiro atoms. The third-order valence-corrected chi connectivity index (χ3v) is 5.45. The number of hydrogen-bond acceptors (Lipinski definition) is 3. The van der Waals surface area contributed by atoms with Crippen LogP contribution < -0.4 is 5.46 Å². The summed E-state index contributed by atoms with van der Waals surface area (Å²) in [5, 5.41) is 30.3. The predicted molar refractivity (Wildman–Crippen MR) is 121 cm³/mol. The van der Waals surface area contributed by atoms with Crippen LogP contribution in [-0.2, 0) is 0 Å². The van der Waals surface area contributed by atoms with Gasteiger partial charge in [0, 0.05) is 16.5 Å². The topological polar surface area (TPSA) is 69.2 Å². The molecule has 0 aliphatic rings. The molecule has 0 fully saturated rings. The minimum Gasteiger partial charge on any atom is -0.423 e. The standard InChI is InChI=1S/C25H17BN2O2/c27-16-17-8-10-18(11-9-17)19-4-3-5-21(14-19)28-24-7-2-1-6-22(24)23-15-20(26(29)30)12-13-25(23)28/h1-15,29-30H. The first-order valence-corrected chi connectivity index (χ1v) is 9.66. The molecule has 0 bridgehead atoms. The molecule has 4 nitrogen and oxygen atoms in total. The molecule has 4 aromatic carbocycles. The largest absolute Gasteiger partial charge is 0.488 e. The fourth-order valence-corrected chi connectivity index (χ4v) is 3.99. The second-order valence-corrected chi connectivity index (χ2v) is 7.24. The maximum atomic E-state index is 9.61. The van der Waals surface area contributed by atoms with E-state index in [1.54, 1.807) is 6.07 Å². The van der Waals surface area contributed by atoms with Gasteiger partial charge in [-0.05, 0) is 53.0 Å². The summed E-state index contributed by atoms with van der Waals surface area (Å²) in [5.74, 6) is 0. The highest BCUT2D eigenvalue weighted by Gasteiger charge is 2.16. The quantitative estimate of drug-likeness (QED) is 0.459. The van der Waals surface area contributed by atoms with Crippen LogP contribution >= 0.6 is 0 Å². The zero-order chi connectivity index (χ0) is 20.7. The Bertz CT molecular complexity index is 1430. The number of benzene rings is 4. The highest BCUT2D eigenvalue weighted by atomic mass is 16.4. The third-order valence-electron chi connectivity index (χ3n) is 5.45. The summed E-state index contributed by atoms with van der Waals surface area (Å²) in [5.41, 5.74) is 6.27. The number of aromatic nitrogens is 1. The molecule has 0 amide bonds. The van der Waals surface area contributed by atoms with Crippen molar-refractivity contribution in [3.8, 4) is 22.9 Å². The van der Waals surface area contributed by atoms with Crippen LogP contribution in [0, 0.1) is 11.3 Å². The van der Waals surface area contributed by atoms with Crippen molar-refractivity contribution in [3.63, 3.8) is 0 Å². The summed E-state index contributed by atoms with van der Waals surface area (Å²) >= 11 is 0. The van der Waals surface area contributed by atoms with Crippen LogP contribution in [0.5, 0.6) is 0 Å². The van der Waals surface area contributed by atoms with Crippen LogP contribution in [0.4, 0.5) is 0 Å². The lowest BCUT2D eigenvalue weighted by atomic mass is 9.80. The lowest BCUT2D eigenvalue weighted by Crippen LogP contribution is -2.29. The molecule has 1 aromatic heterocycles. The van der Waals surface area contributed by atoms with Gasteiger partial charge in [0.15, 0.2) is 0 Å². The Kier molecular flexibility index (Phi) is 4.37. The first-order chi connectivity index (χ1) is 14.7. The van der Waals surface area contributed by atoms with Gasteiger partial charge in [-0.15, -0.1) is 0 Å². The van der Waals surface area contributed by atoms with Crippen molar-refractivity contribution in [3.05, 3.63) is 96.6 Å². The van der Waals surface area contributed by atoms with Crippen LogP contribution in [-0.4, -0.2) is 21.7 Å². The molecule has 5 aromatic rings. The Morgan fingerprint density at radius 1 is 0.700 bits per heavy atom. The van der Waals surface area contributed by atoms with E-state index in [1.807, 2.05) is 60.7 Å². The number of hydrogen-bond donors (Lipinski definition) is 2. The van der Waals surface area contributed by atoms with Crippen molar-refractivity contribution >= 4 is 34.4 Å². The highest BCUT2D eigenvalue weighted by Crippen LogP contribution is 2.32. The molecule has 2 N–H and O–H groups in total. The van der Waals surface area contributed by atoms with Crippen molar-refractivity contribution < 1.29 is 10.0 Å². The molecule has 5 rings (SSSR count). The van der Waals surface area contributed by atoms with Gasteiger partial charge in [-0.25, -0.2) is 0 Å². The Balaban J connectivity index is 1.73. The van der Waals surface area contributed by atoms with E-state index in [1.165, 1.54) is 0 Å². The lowest BCUT2D eigenvalue weighted by molar-refractivity contribution is 0.426. The van der Waals surface area contributed by atoms with Gasteiger partial charge >= 0.3 is 7.12 Å². The van der Waals surface area contributed by atoms with E-state index in [-0.39, 0.29) is 0 Å². The van der Waals surface area contributed by atoms with Gasteiger partial charge in [0.25, 0.3) is 0 Å². The van der Waals surface area contributed by atoms with Gasteiger partial charge in [-0.2, -0.15) is 5.26 Å². The zero-order valence-corrected chi connectivity index (χ0v) is 16.0. The second kappa shape index (κ2) is 7.20. The SMILES string of the molecule is N#Cc1ccc(-c2cccc(-n3c4ccccc4c4cc(B(O)O)ccc43)c2)cc1. The normalized spacial score (nSPS) is 11.0. The van der Waals surface area contributed by atoms with E-state index in [4.69, 9.17) is 5.26 Å². The maximum Gasteiger partial charge on any atom is 0.488 e. The Morgan fingerprint density at radius 2 is 1.47 bits per heavy atom. The molecule has 0 aliphatic carbocycles. The van der Waals surface area contributed by atoms with Crippen LogP contribution in [0.15, 0.2) is 91.0 Å². The minimum absolute atomic E-state index is 0.469. The first kappa shape index (κ1) is 18.2. The van der Waals surface area contributed by atoms with Crippen molar-refractivity contribution in [2.75, 3.05) is 0 Å². The summed E-state index contributed by atoms with van der Waals surface area (Å²) in [6.07, 6.45) is 0. The molecule has 30 heavy (non-hydrogen) atoms. The number of nitriles is 1. The molecule has 1 heterocycles. The van der Waals surface area contributed by atoms with Gasteiger partial charge in [0.1, 0.15) is 0 Å². The molecular weight excluding hydrogens is 371 g/mol.